The van der Waals surface area contributed by atoms with Crippen LogP contribution in [0.15, 0.2) is 0 Å². The zero-order valence-corrected chi connectivity index (χ0v) is 5.03. The van der Waals surface area contributed by atoms with Gasteiger partial charge in [0.15, 0.2) is 0 Å². The van der Waals surface area contributed by atoms with E-state index >= 15 is 0 Å². The maximum absolute atomic E-state index is 8.83. The average Bonchev–Trinajstić information content (AvgIpc) is 1.32. The van der Waals surface area contributed by atoms with Crippen molar-refractivity contribution in [1.29, 1.82) is 0 Å². The maximum atomic E-state index is 8.83. The lowest BCUT2D eigenvalue weighted by molar-refractivity contribution is 0.0658. The van der Waals surface area contributed by atoms with Crippen LogP contribution in [0.5, 0.6) is 0 Å². The van der Waals surface area contributed by atoms with Gasteiger partial charge in [0.2, 0.25) is 0 Å². The fourth-order valence-corrected chi connectivity index (χ4v) is 1.03. The molecule has 0 bridgehead atoms. The van der Waals surface area contributed by atoms with Gasteiger partial charge in [-0.3, -0.25) is 0 Å². The topological polar surface area (TPSA) is 20.2 Å². The number of alkyl halides is 1. The molecule has 0 amide bonds. The molecule has 0 heterocycles. The number of aliphatic hydroxyl groups is 1. The summed E-state index contributed by atoms with van der Waals surface area (Å²) < 4.78 is -0.465. The van der Waals surface area contributed by atoms with Crippen molar-refractivity contribution in [2.75, 3.05) is 0 Å². The molecule has 1 saturated carbocycles. The molecule has 0 saturated heterocycles. The molecule has 1 nitrogen and oxygen atoms in total. The molecular formula is C4H7BrO. The number of hydrogen-bond donors (Lipinski definition) is 1. The summed E-state index contributed by atoms with van der Waals surface area (Å²) >= 11 is 3.12. The van der Waals surface area contributed by atoms with Crippen LogP contribution in [0.1, 0.15) is 19.3 Å². The van der Waals surface area contributed by atoms with Crippen molar-refractivity contribution >= 4 is 15.9 Å². The van der Waals surface area contributed by atoms with Crippen LogP contribution < -0.4 is 0 Å². The molecule has 0 unspecified atom stereocenters. The van der Waals surface area contributed by atoms with Crippen LogP contribution >= 0.6 is 15.9 Å². The zero-order chi connectivity index (χ0) is 4.62. The van der Waals surface area contributed by atoms with E-state index in [0.29, 0.717) is 0 Å². The number of halogens is 1. The molecule has 0 aromatic carbocycles. The quantitative estimate of drug-likeness (QED) is 0.516. The van der Waals surface area contributed by atoms with Crippen molar-refractivity contribution in [2.45, 2.75) is 23.8 Å². The van der Waals surface area contributed by atoms with Gasteiger partial charge in [-0.2, -0.15) is 0 Å². The summed E-state index contributed by atoms with van der Waals surface area (Å²) in [6, 6.07) is 0. The lowest BCUT2D eigenvalue weighted by Gasteiger charge is -2.29. The highest BCUT2D eigenvalue weighted by Gasteiger charge is 2.30. The maximum Gasteiger partial charge on any atom is 0.119 e. The molecule has 6 heavy (non-hydrogen) atoms. The van der Waals surface area contributed by atoms with Crippen molar-refractivity contribution in [3.05, 3.63) is 0 Å². The molecule has 36 valence electrons. The molecular weight excluding hydrogens is 144 g/mol. The molecule has 1 fully saturated rings. The second kappa shape index (κ2) is 1.20. The van der Waals surface area contributed by atoms with Crippen molar-refractivity contribution in [3.63, 3.8) is 0 Å². The van der Waals surface area contributed by atoms with Gasteiger partial charge in [0.1, 0.15) is 4.51 Å². The fraction of sp³-hybridized carbons (Fsp3) is 1.00. The van der Waals surface area contributed by atoms with Gasteiger partial charge in [-0.15, -0.1) is 0 Å². The minimum atomic E-state index is -0.465. The van der Waals surface area contributed by atoms with Crippen LogP contribution in [0.2, 0.25) is 0 Å². The van der Waals surface area contributed by atoms with Gasteiger partial charge in [-0.1, -0.05) is 15.9 Å². The lowest BCUT2D eigenvalue weighted by atomic mass is 9.96. The summed E-state index contributed by atoms with van der Waals surface area (Å²) in [5.41, 5.74) is 0. The highest BCUT2D eigenvalue weighted by atomic mass is 79.9. The van der Waals surface area contributed by atoms with Crippen LogP contribution in [0.3, 0.4) is 0 Å². The van der Waals surface area contributed by atoms with E-state index in [1.807, 2.05) is 0 Å². The number of hydrogen-bond acceptors (Lipinski definition) is 1. The third-order valence-corrected chi connectivity index (χ3v) is 1.91. The minimum absolute atomic E-state index is 0.465. The van der Waals surface area contributed by atoms with Gasteiger partial charge in [-0.05, 0) is 19.3 Å². The molecule has 0 aliphatic heterocycles. The Balaban J connectivity index is 2.31. The Morgan fingerprint density at radius 3 is 1.83 bits per heavy atom. The van der Waals surface area contributed by atoms with Gasteiger partial charge in [0, 0.05) is 0 Å². The van der Waals surface area contributed by atoms with Crippen LogP contribution in [0.25, 0.3) is 0 Å². The summed E-state index contributed by atoms with van der Waals surface area (Å²) in [4.78, 5) is 0. The van der Waals surface area contributed by atoms with E-state index in [-0.39, 0.29) is 0 Å². The van der Waals surface area contributed by atoms with Crippen LogP contribution in [0, 0.1) is 0 Å². The van der Waals surface area contributed by atoms with E-state index in [4.69, 9.17) is 5.11 Å². The molecule has 0 spiro atoms. The molecule has 1 N–H and O–H groups in total. The highest BCUT2D eigenvalue weighted by Crippen LogP contribution is 2.36. The second-order valence-corrected chi connectivity index (χ2v) is 3.25. The molecule has 1 aliphatic rings. The smallest absolute Gasteiger partial charge is 0.119 e. The monoisotopic (exact) mass is 150 g/mol. The first-order valence-electron chi connectivity index (χ1n) is 2.12. The summed E-state index contributed by atoms with van der Waals surface area (Å²) in [7, 11) is 0. The van der Waals surface area contributed by atoms with Gasteiger partial charge >= 0.3 is 0 Å². The van der Waals surface area contributed by atoms with Gasteiger partial charge in [-0.25, -0.2) is 0 Å². The van der Waals surface area contributed by atoms with E-state index < -0.39 is 4.51 Å². The number of rotatable bonds is 0. The summed E-state index contributed by atoms with van der Waals surface area (Å²) in [5.74, 6) is 0. The minimum Gasteiger partial charge on any atom is -0.379 e. The molecule has 1 rings (SSSR count). The second-order valence-electron chi connectivity index (χ2n) is 1.77. The van der Waals surface area contributed by atoms with E-state index in [9.17, 15) is 0 Å². The summed E-state index contributed by atoms with van der Waals surface area (Å²) in [6.45, 7) is 0. The average molecular weight is 151 g/mol. The largest absolute Gasteiger partial charge is 0.379 e. The third-order valence-electron chi connectivity index (χ3n) is 1.12. The van der Waals surface area contributed by atoms with Crippen molar-refractivity contribution < 1.29 is 5.11 Å². The van der Waals surface area contributed by atoms with E-state index in [0.717, 1.165) is 12.8 Å². The third kappa shape index (κ3) is 0.738. The standard InChI is InChI=1S/C4H7BrO/c5-4(6)2-1-3-4/h6H,1-3H2. The Hall–Kier alpha value is 0.440. The Labute approximate surface area is 45.5 Å². The van der Waals surface area contributed by atoms with E-state index in [2.05, 4.69) is 15.9 Å². The first-order valence-corrected chi connectivity index (χ1v) is 2.91. The van der Waals surface area contributed by atoms with Gasteiger partial charge in [0.05, 0.1) is 0 Å². The first kappa shape index (κ1) is 4.60. The predicted molar refractivity (Wildman–Crippen MR) is 27.7 cm³/mol. The van der Waals surface area contributed by atoms with E-state index in [1.54, 1.807) is 0 Å². The Bertz CT molecular complexity index is 54.6. The highest BCUT2D eigenvalue weighted by molar-refractivity contribution is 9.10. The molecule has 0 atom stereocenters. The van der Waals surface area contributed by atoms with Gasteiger partial charge < -0.3 is 5.11 Å². The van der Waals surface area contributed by atoms with Crippen molar-refractivity contribution in [2.24, 2.45) is 0 Å². The van der Waals surface area contributed by atoms with Crippen molar-refractivity contribution in [3.8, 4) is 0 Å². The molecule has 1 aliphatic carbocycles. The first-order chi connectivity index (χ1) is 2.71. The molecule has 0 radical (unpaired) electrons. The fourth-order valence-electron chi connectivity index (χ4n) is 0.469. The molecule has 2 heteroatoms. The summed E-state index contributed by atoms with van der Waals surface area (Å²) in [5, 5.41) is 8.83. The van der Waals surface area contributed by atoms with E-state index in [1.165, 1.54) is 6.42 Å². The van der Waals surface area contributed by atoms with Crippen LogP contribution in [-0.2, 0) is 0 Å². The Kier molecular flexibility index (Phi) is 0.922. The van der Waals surface area contributed by atoms with Gasteiger partial charge in [0.25, 0.3) is 0 Å². The predicted octanol–water partition coefficient (Wildman–Crippen LogP) is 1.25. The zero-order valence-electron chi connectivity index (χ0n) is 3.45. The Morgan fingerprint density at radius 1 is 1.50 bits per heavy atom. The normalized spacial score (nSPS) is 29.0. The molecule has 0 aromatic rings. The Morgan fingerprint density at radius 2 is 1.83 bits per heavy atom. The SMILES string of the molecule is OC1(Br)CCC1. The lowest BCUT2D eigenvalue weighted by Crippen LogP contribution is -2.28. The van der Waals surface area contributed by atoms with Crippen LogP contribution in [-0.4, -0.2) is 9.62 Å². The summed E-state index contributed by atoms with van der Waals surface area (Å²) in [6.07, 6.45) is 3.02. The molecule has 0 aromatic heterocycles. The van der Waals surface area contributed by atoms with Crippen molar-refractivity contribution in [1.82, 2.24) is 0 Å². The van der Waals surface area contributed by atoms with Crippen LogP contribution in [0.4, 0.5) is 0 Å².